The van der Waals surface area contributed by atoms with Gasteiger partial charge < -0.3 is 14.2 Å². The van der Waals surface area contributed by atoms with Gasteiger partial charge in [-0.2, -0.15) is 0 Å². The SMILES string of the molecule is COc1ccc(OCCOC(=O)c2cccc(N3C(=O)c4ccccc4C3=O)c2)cc1. The van der Waals surface area contributed by atoms with Crippen LogP contribution in [0.3, 0.4) is 0 Å². The number of nitrogens with zero attached hydrogens (tertiary/aromatic N) is 1. The number of hydrogen-bond acceptors (Lipinski definition) is 6. The van der Waals surface area contributed by atoms with Crippen LogP contribution >= 0.6 is 0 Å². The fourth-order valence-electron chi connectivity index (χ4n) is 3.24. The lowest BCUT2D eigenvalue weighted by Crippen LogP contribution is -2.29. The number of benzene rings is 3. The number of carbonyl (C=O) groups is 3. The van der Waals surface area contributed by atoms with E-state index in [1.165, 1.54) is 6.07 Å². The standard InChI is InChI=1S/C24H19NO6/c1-29-18-9-11-19(12-10-18)30-13-14-31-24(28)16-5-4-6-17(15-16)25-22(26)20-7-2-3-8-21(20)23(25)27/h2-12,15H,13-14H2,1H3. The molecule has 0 spiro atoms. The van der Waals surface area contributed by atoms with Crippen molar-refractivity contribution in [3.05, 3.63) is 89.5 Å². The van der Waals surface area contributed by atoms with E-state index >= 15 is 0 Å². The Morgan fingerprint density at radius 1 is 0.806 bits per heavy atom. The number of fused-ring (bicyclic) bond motifs is 1. The van der Waals surface area contributed by atoms with Crippen molar-refractivity contribution >= 4 is 23.5 Å². The maximum absolute atomic E-state index is 12.6. The van der Waals surface area contributed by atoms with E-state index in [-0.39, 0.29) is 18.8 Å². The Labute approximate surface area is 178 Å². The second-order valence-corrected chi connectivity index (χ2v) is 6.70. The van der Waals surface area contributed by atoms with Crippen molar-refractivity contribution in [2.24, 2.45) is 0 Å². The topological polar surface area (TPSA) is 82.1 Å². The Bertz CT molecular complexity index is 1100. The van der Waals surface area contributed by atoms with E-state index in [2.05, 4.69) is 0 Å². The van der Waals surface area contributed by atoms with Crippen molar-refractivity contribution in [3.63, 3.8) is 0 Å². The van der Waals surface area contributed by atoms with Gasteiger partial charge in [-0.25, -0.2) is 9.69 Å². The summed E-state index contributed by atoms with van der Waals surface area (Å²) >= 11 is 0. The first kappa shape index (κ1) is 20.2. The monoisotopic (exact) mass is 417 g/mol. The molecule has 3 aromatic rings. The minimum atomic E-state index is -0.572. The molecule has 3 aromatic carbocycles. The minimum absolute atomic E-state index is 0.0438. The average Bonchev–Trinajstić information content (AvgIpc) is 3.07. The molecule has 7 heteroatoms. The number of hydrogen-bond donors (Lipinski definition) is 0. The Morgan fingerprint density at radius 2 is 1.45 bits per heavy atom. The van der Waals surface area contributed by atoms with E-state index in [1.807, 2.05) is 0 Å². The average molecular weight is 417 g/mol. The summed E-state index contributed by atoms with van der Waals surface area (Å²) in [6.45, 7) is 0.221. The molecule has 31 heavy (non-hydrogen) atoms. The summed E-state index contributed by atoms with van der Waals surface area (Å²) in [5.74, 6) is -0.0593. The predicted octanol–water partition coefficient (Wildman–Crippen LogP) is 3.73. The number of ether oxygens (including phenoxy) is 3. The molecule has 7 nitrogen and oxygen atoms in total. The third-order valence-corrected chi connectivity index (χ3v) is 4.78. The Kier molecular flexibility index (Phi) is 5.66. The summed E-state index contributed by atoms with van der Waals surface area (Å²) in [5, 5.41) is 0. The van der Waals surface area contributed by atoms with Gasteiger partial charge in [-0.05, 0) is 54.6 Å². The minimum Gasteiger partial charge on any atom is -0.497 e. The van der Waals surface area contributed by atoms with Crippen LogP contribution in [0.5, 0.6) is 11.5 Å². The summed E-state index contributed by atoms with van der Waals surface area (Å²) in [5.41, 5.74) is 1.24. The largest absolute Gasteiger partial charge is 0.497 e. The molecule has 156 valence electrons. The van der Waals surface area contributed by atoms with Gasteiger partial charge in [0.2, 0.25) is 0 Å². The van der Waals surface area contributed by atoms with Gasteiger partial charge in [0.05, 0.1) is 29.5 Å². The van der Waals surface area contributed by atoms with Crippen LogP contribution in [0.15, 0.2) is 72.8 Å². The molecule has 4 rings (SSSR count). The Balaban J connectivity index is 1.37. The quantitative estimate of drug-likeness (QED) is 0.331. The second-order valence-electron chi connectivity index (χ2n) is 6.70. The Morgan fingerprint density at radius 3 is 2.10 bits per heavy atom. The molecule has 1 aliphatic rings. The van der Waals surface area contributed by atoms with Crippen molar-refractivity contribution in [2.45, 2.75) is 0 Å². The van der Waals surface area contributed by atoms with Crippen molar-refractivity contribution in [1.29, 1.82) is 0 Å². The lowest BCUT2D eigenvalue weighted by atomic mass is 10.1. The van der Waals surface area contributed by atoms with Crippen molar-refractivity contribution in [1.82, 2.24) is 0 Å². The van der Waals surface area contributed by atoms with Gasteiger partial charge in [-0.3, -0.25) is 9.59 Å². The molecule has 0 aromatic heterocycles. The Hall–Kier alpha value is -4.13. The van der Waals surface area contributed by atoms with Gasteiger partial charge in [0, 0.05) is 0 Å². The second kappa shape index (κ2) is 8.71. The molecule has 0 atom stereocenters. The molecule has 0 unspecified atom stereocenters. The fraction of sp³-hybridized carbons (Fsp3) is 0.125. The van der Waals surface area contributed by atoms with E-state index in [9.17, 15) is 14.4 Å². The van der Waals surface area contributed by atoms with Crippen molar-refractivity contribution < 1.29 is 28.6 Å². The molecule has 0 N–H and O–H groups in total. The summed E-state index contributed by atoms with van der Waals surface area (Å²) in [4.78, 5) is 38.7. The van der Waals surface area contributed by atoms with Gasteiger partial charge >= 0.3 is 5.97 Å². The first-order chi connectivity index (χ1) is 15.1. The number of rotatable bonds is 7. The van der Waals surface area contributed by atoms with Crippen LogP contribution < -0.4 is 14.4 Å². The van der Waals surface area contributed by atoms with Crippen LogP contribution in [0.1, 0.15) is 31.1 Å². The summed E-state index contributed by atoms with van der Waals surface area (Å²) in [6.07, 6.45) is 0. The molecule has 1 heterocycles. The van der Waals surface area contributed by atoms with Crippen LogP contribution in [0, 0.1) is 0 Å². The normalized spacial score (nSPS) is 12.5. The highest BCUT2D eigenvalue weighted by atomic mass is 16.6. The number of anilines is 1. The van der Waals surface area contributed by atoms with Crippen LogP contribution in [0.25, 0.3) is 0 Å². The predicted molar refractivity (Wildman–Crippen MR) is 113 cm³/mol. The maximum atomic E-state index is 12.6. The molecular weight excluding hydrogens is 398 g/mol. The first-order valence-corrected chi connectivity index (χ1v) is 9.60. The molecular formula is C24H19NO6. The number of imide groups is 1. The van der Waals surface area contributed by atoms with E-state index in [1.54, 1.807) is 73.8 Å². The molecule has 0 radical (unpaired) electrons. The maximum Gasteiger partial charge on any atom is 0.338 e. The highest BCUT2D eigenvalue weighted by Gasteiger charge is 2.36. The molecule has 0 saturated carbocycles. The van der Waals surface area contributed by atoms with Crippen LogP contribution in [-0.4, -0.2) is 38.1 Å². The first-order valence-electron chi connectivity index (χ1n) is 9.60. The smallest absolute Gasteiger partial charge is 0.338 e. The van der Waals surface area contributed by atoms with Gasteiger partial charge in [0.15, 0.2) is 0 Å². The molecule has 2 amide bonds. The van der Waals surface area contributed by atoms with E-state index in [4.69, 9.17) is 14.2 Å². The van der Waals surface area contributed by atoms with E-state index in [0.717, 1.165) is 10.6 Å². The number of methoxy groups -OCH3 is 1. The van der Waals surface area contributed by atoms with Crippen LogP contribution in [-0.2, 0) is 4.74 Å². The lowest BCUT2D eigenvalue weighted by molar-refractivity contribution is 0.0450. The zero-order valence-corrected chi connectivity index (χ0v) is 16.7. The third kappa shape index (κ3) is 4.11. The summed E-state index contributed by atoms with van der Waals surface area (Å²) in [6, 6.07) is 19.9. The molecule has 0 aliphatic carbocycles. The van der Waals surface area contributed by atoms with Crippen LogP contribution in [0.2, 0.25) is 0 Å². The van der Waals surface area contributed by atoms with Gasteiger partial charge in [-0.15, -0.1) is 0 Å². The fourth-order valence-corrected chi connectivity index (χ4v) is 3.24. The third-order valence-electron chi connectivity index (χ3n) is 4.78. The molecule has 0 bridgehead atoms. The summed E-state index contributed by atoms with van der Waals surface area (Å²) in [7, 11) is 1.58. The number of esters is 1. The zero-order valence-electron chi connectivity index (χ0n) is 16.7. The molecule has 0 fully saturated rings. The van der Waals surface area contributed by atoms with E-state index < -0.39 is 17.8 Å². The van der Waals surface area contributed by atoms with E-state index in [0.29, 0.717) is 22.6 Å². The highest BCUT2D eigenvalue weighted by Crippen LogP contribution is 2.28. The lowest BCUT2D eigenvalue weighted by Gasteiger charge is -2.15. The van der Waals surface area contributed by atoms with Crippen LogP contribution in [0.4, 0.5) is 5.69 Å². The zero-order chi connectivity index (χ0) is 21.8. The highest BCUT2D eigenvalue weighted by molar-refractivity contribution is 6.34. The molecule has 0 saturated heterocycles. The summed E-state index contributed by atoms with van der Waals surface area (Å²) < 4.78 is 15.9. The van der Waals surface area contributed by atoms with Crippen molar-refractivity contribution in [2.75, 3.05) is 25.2 Å². The van der Waals surface area contributed by atoms with Gasteiger partial charge in [0.1, 0.15) is 24.7 Å². The number of amides is 2. The van der Waals surface area contributed by atoms with Gasteiger partial charge in [-0.1, -0.05) is 18.2 Å². The van der Waals surface area contributed by atoms with Gasteiger partial charge in [0.25, 0.3) is 11.8 Å². The van der Waals surface area contributed by atoms with Crippen molar-refractivity contribution in [3.8, 4) is 11.5 Å². The number of carbonyl (C=O) groups excluding carboxylic acids is 3. The molecule has 1 aliphatic heterocycles.